The Bertz CT molecular complexity index is 494. The Kier molecular flexibility index (Phi) is 2.47. The molecule has 0 spiro atoms. The Morgan fingerprint density at radius 1 is 1.50 bits per heavy atom. The van der Waals surface area contributed by atoms with Crippen LogP contribution in [0.4, 0.5) is 5.69 Å². The number of amides is 1. The van der Waals surface area contributed by atoms with Crippen LogP contribution in [0.5, 0.6) is 0 Å². The summed E-state index contributed by atoms with van der Waals surface area (Å²) in [5, 5.41) is 8.80. The maximum Gasteiger partial charge on any atom is 0.308 e. The third kappa shape index (κ3) is 1.69. The van der Waals surface area contributed by atoms with Crippen LogP contribution in [0, 0.1) is 5.92 Å². The number of rotatable bonds is 2. The highest BCUT2D eigenvalue weighted by Gasteiger charge is 2.35. The Balaban J connectivity index is 2.30. The second-order valence-electron chi connectivity index (χ2n) is 3.63. The third-order valence-corrected chi connectivity index (χ3v) is 2.56. The normalized spacial score (nSPS) is 20.1. The molecule has 0 bridgehead atoms. The molecule has 6 heteroatoms. The van der Waals surface area contributed by atoms with Gasteiger partial charge in [-0.15, -0.1) is 0 Å². The lowest BCUT2D eigenvalue weighted by Gasteiger charge is -2.14. The van der Waals surface area contributed by atoms with E-state index in [4.69, 9.17) is 5.11 Å². The Morgan fingerprint density at radius 3 is 2.81 bits per heavy atom. The minimum atomic E-state index is -1.01. The first kappa shape index (κ1) is 10.4. The second kappa shape index (κ2) is 3.80. The maximum atomic E-state index is 11.6. The van der Waals surface area contributed by atoms with Crippen molar-refractivity contribution in [1.82, 2.24) is 4.98 Å². The number of carbonyl (C=O) groups is 2. The van der Waals surface area contributed by atoms with Crippen LogP contribution < -0.4 is 10.5 Å². The number of aromatic nitrogens is 1. The molecular formula is C10H10N2O4. The number of nitrogens with zero attached hydrogens (tertiary/aromatic N) is 1. The van der Waals surface area contributed by atoms with E-state index in [0.717, 1.165) is 0 Å². The summed E-state index contributed by atoms with van der Waals surface area (Å²) < 4.78 is 0. The molecule has 16 heavy (non-hydrogen) atoms. The van der Waals surface area contributed by atoms with Gasteiger partial charge in [0.25, 0.3) is 5.56 Å². The standard InChI is InChI=1S/C10H10N2O4/c13-8-4-6(10(15)16)5-12(8)7-2-1-3-11-9(7)14/h1-3,6H,4-5H2,(H,11,14)(H,15,16). The summed E-state index contributed by atoms with van der Waals surface area (Å²) in [5.41, 5.74) is -0.182. The third-order valence-electron chi connectivity index (χ3n) is 2.56. The van der Waals surface area contributed by atoms with Gasteiger partial charge in [0.1, 0.15) is 5.69 Å². The first-order valence-corrected chi connectivity index (χ1v) is 4.80. The van der Waals surface area contributed by atoms with E-state index in [2.05, 4.69) is 4.98 Å². The van der Waals surface area contributed by atoms with Gasteiger partial charge in [0.2, 0.25) is 5.91 Å². The van der Waals surface area contributed by atoms with Gasteiger partial charge in [0.05, 0.1) is 5.92 Å². The Hall–Kier alpha value is -2.11. The largest absolute Gasteiger partial charge is 0.481 e. The van der Waals surface area contributed by atoms with Crippen molar-refractivity contribution in [2.45, 2.75) is 6.42 Å². The van der Waals surface area contributed by atoms with E-state index < -0.39 is 11.9 Å². The minimum absolute atomic E-state index is 0.0519. The van der Waals surface area contributed by atoms with Crippen LogP contribution in [0.3, 0.4) is 0 Å². The van der Waals surface area contributed by atoms with Gasteiger partial charge in [-0.25, -0.2) is 0 Å². The van der Waals surface area contributed by atoms with Crippen LogP contribution in [-0.4, -0.2) is 28.5 Å². The molecule has 2 N–H and O–H groups in total. The number of carboxylic acids is 1. The molecule has 1 fully saturated rings. The number of carbonyl (C=O) groups excluding carboxylic acids is 1. The zero-order valence-corrected chi connectivity index (χ0v) is 8.34. The molecule has 1 atom stereocenters. The predicted octanol–water partition coefficient (Wildman–Crippen LogP) is -0.188. The summed E-state index contributed by atoms with van der Waals surface area (Å²) in [4.78, 5) is 37.4. The topological polar surface area (TPSA) is 90.5 Å². The van der Waals surface area contributed by atoms with Crippen LogP contribution in [0.15, 0.2) is 23.1 Å². The molecule has 1 unspecified atom stereocenters. The Morgan fingerprint density at radius 2 is 2.25 bits per heavy atom. The Labute approximate surface area is 90.5 Å². The first-order valence-electron chi connectivity index (χ1n) is 4.80. The van der Waals surface area contributed by atoms with E-state index in [0.29, 0.717) is 0 Å². The van der Waals surface area contributed by atoms with Gasteiger partial charge < -0.3 is 15.0 Å². The number of hydrogen-bond acceptors (Lipinski definition) is 3. The first-order chi connectivity index (χ1) is 7.59. The zero-order valence-electron chi connectivity index (χ0n) is 8.34. The molecule has 84 valence electrons. The SMILES string of the molecule is O=C(O)C1CC(=O)N(c2ccc[nH]c2=O)C1. The van der Waals surface area contributed by atoms with Crippen molar-refractivity contribution in [3.8, 4) is 0 Å². The fraction of sp³-hybridized carbons (Fsp3) is 0.300. The highest BCUT2D eigenvalue weighted by Crippen LogP contribution is 2.22. The molecule has 2 heterocycles. The van der Waals surface area contributed by atoms with E-state index in [1.807, 2.05) is 0 Å². The van der Waals surface area contributed by atoms with Gasteiger partial charge in [-0.05, 0) is 12.1 Å². The molecule has 0 radical (unpaired) electrons. The van der Waals surface area contributed by atoms with E-state index in [9.17, 15) is 14.4 Å². The van der Waals surface area contributed by atoms with Gasteiger partial charge in [-0.1, -0.05) is 0 Å². The van der Waals surface area contributed by atoms with Crippen molar-refractivity contribution < 1.29 is 14.7 Å². The molecule has 6 nitrogen and oxygen atoms in total. The van der Waals surface area contributed by atoms with Crippen molar-refractivity contribution in [2.75, 3.05) is 11.4 Å². The quantitative estimate of drug-likeness (QED) is 0.725. The monoisotopic (exact) mass is 222 g/mol. The van der Waals surface area contributed by atoms with Crippen molar-refractivity contribution in [1.29, 1.82) is 0 Å². The van der Waals surface area contributed by atoms with Crippen LogP contribution in [0.2, 0.25) is 0 Å². The average molecular weight is 222 g/mol. The van der Waals surface area contributed by atoms with Crippen LogP contribution in [0.25, 0.3) is 0 Å². The molecule has 1 amide bonds. The summed E-state index contributed by atoms with van der Waals surface area (Å²) in [6.45, 7) is 0.0568. The number of hydrogen-bond donors (Lipinski definition) is 2. The predicted molar refractivity (Wildman–Crippen MR) is 55.2 cm³/mol. The molecule has 2 rings (SSSR count). The number of carboxylic acid groups (broad SMARTS) is 1. The molecule has 0 aliphatic carbocycles. The number of nitrogens with one attached hydrogen (secondary N) is 1. The van der Waals surface area contributed by atoms with Gasteiger partial charge >= 0.3 is 5.97 Å². The summed E-state index contributed by atoms with van der Waals surface area (Å²) in [7, 11) is 0. The lowest BCUT2D eigenvalue weighted by molar-refractivity contribution is -0.141. The van der Waals surface area contributed by atoms with Gasteiger partial charge in [-0.2, -0.15) is 0 Å². The van der Waals surface area contributed by atoms with Crippen LogP contribution >= 0.6 is 0 Å². The van der Waals surface area contributed by atoms with Gasteiger partial charge in [-0.3, -0.25) is 14.4 Å². The fourth-order valence-electron chi connectivity index (χ4n) is 1.73. The van der Waals surface area contributed by atoms with E-state index in [1.54, 1.807) is 6.07 Å². The lowest BCUT2D eigenvalue weighted by atomic mass is 10.1. The van der Waals surface area contributed by atoms with Crippen LogP contribution in [-0.2, 0) is 9.59 Å². The highest BCUT2D eigenvalue weighted by molar-refractivity contribution is 5.98. The highest BCUT2D eigenvalue weighted by atomic mass is 16.4. The number of aromatic amines is 1. The second-order valence-corrected chi connectivity index (χ2v) is 3.63. The number of pyridine rings is 1. The van der Waals surface area contributed by atoms with E-state index in [-0.39, 0.29) is 30.1 Å². The van der Waals surface area contributed by atoms with Gasteiger partial charge in [0.15, 0.2) is 0 Å². The maximum absolute atomic E-state index is 11.6. The molecule has 1 saturated heterocycles. The molecule has 1 aromatic rings. The molecule has 0 saturated carbocycles. The number of anilines is 1. The summed E-state index contributed by atoms with van der Waals surface area (Å²) in [5.74, 6) is -2.07. The summed E-state index contributed by atoms with van der Waals surface area (Å²) >= 11 is 0. The number of aliphatic carboxylic acids is 1. The number of H-pyrrole nitrogens is 1. The molecular weight excluding hydrogens is 212 g/mol. The van der Waals surface area contributed by atoms with Crippen molar-refractivity contribution in [2.24, 2.45) is 5.92 Å². The van der Waals surface area contributed by atoms with Crippen LogP contribution in [0.1, 0.15) is 6.42 Å². The zero-order chi connectivity index (χ0) is 11.7. The van der Waals surface area contributed by atoms with Crippen molar-refractivity contribution in [3.05, 3.63) is 28.7 Å². The fourth-order valence-corrected chi connectivity index (χ4v) is 1.73. The minimum Gasteiger partial charge on any atom is -0.481 e. The molecule has 1 aliphatic rings. The van der Waals surface area contributed by atoms with E-state index >= 15 is 0 Å². The molecule has 1 aliphatic heterocycles. The van der Waals surface area contributed by atoms with Crippen molar-refractivity contribution >= 4 is 17.6 Å². The van der Waals surface area contributed by atoms with Crippen molar-refractivity contribution in [3.63, 3.8) is 0 Å². The average Bonchev–Trinajstić information content (AvgIpc) is 2.61. The smallest absolute Gasteiger partial charge is 0.308 e. The summed E-state index contributed by atoms with van der Waals surface area (Å²) in [6.07, 6.45) is 1.41. The lowest BCUT2D eigenvalue weighted by Crippen LogP contribution is -2.30. The summed E-state index contributed by atoms with van der Waals surface area (Å²) in [6, 6.07) is 3.10. The molecule has 0 aromatic carbocycles. The van der Waals surface area contributed by atoms with E-state index in [1.165, 1.54) is 17.2 Å². The van der Waals surface area contributed by atoms with Gasteiger partial charge in [0, 0.05) is 19.2 Å². The molecule has 1 aromatic heterocycles.